The van der Waals surface area contributed by atoms with Gasteiger partial charge in [-0.15, -0.1) is 6.58 Å². The Morgan fingerprint density at radius 1 is 1.33 bits per heavy atom. The third-order valence-electron chi connectivity index (χ3n) is 2.93. The fourth-order valence-electron chi connectivity index (χ4n) is 2.15. The predicted molar refractivity (Wildman–Crippen MR) is 50.9 cm³/mol. The van der Waals surface area contributed by atoms with Gasteiger partial charge in [-0.3, -0.25) is 0 Å². The standard InChI is InChI=1S/C11H18O/c1-2-10(8-9-12)11-6-4-3-5-7-11/h2,9-11H,1,3-8H2/t10-/m1/s1. The minimum atomic E-state index is 0.447. The smallest absolute Gasteiger partial charge is 0.120 e. The average molecular weight is 166 g/mol. The van der Waals surface area contributed by atoms with E-state index in [1.165, 1.54) is 32.1 Å². The summed E-state index contributed by atoms with van der Waals surface area (Å²) in [5, 5.41) is 0. The Labute approximate surface area is 74.9 Å². The Morgan fingerprint density at radius 3 is 2.50 bits per heavy atom. The normalized spacial score (nSPS) is 21.7. The quantitative estimate of drug-likeness (QED) is 0.463. The first-order valence-electron chi connectivity index (χ1n) is 4.94. The second-order valence-electron chi connectivity index (χ2n) is 3.70. The zero-order valence-electron chi connectivity index (χ0n) is 7.67. The summed E-state index contributed by atoms with van der Waals surface area (Å²) in [6.07, 6.45) is 10.3. The van der Waals surface area contributed by atoms with Crippen molar-refractivity contribution in [1.29, 1.82) is 0 Å². The highest BCUT2D eigenvalue weighted by atomic mass is 16.1. The third-order valence-corrected chi connectivity index (χ3v) is 2.93. The molecule has 0 bridgehead atoms. The molecule has 0 saturated heterocycles. The number of aldehydes is 1. The number of carbonyl (C=O) groups excluding carboxylic acids is 1. The second-order valence-corrected chi connectivity index (χ2v) is 3.70. The van der Waals surface area contributed by atoms with Crippen molar-refractivity contribution < 1.29 is 4.79 Å². The van der Waals surface area contributed by atoms with E-state index in [9.17, 15) is 4.79 Å². The van der Waals surface area contributed by atoms with Crippen LogP contribution in [0.3, 0.4) is 0 Å². The van der Waals surface area contributed by atoms with E-state index in [0.29, 0.717) is 12.3 Å². The van der Waals surface area contributed by atoms with Crippen molar-refractivity contribution in [3.05, 3.63) is 12.7 Å². The first-order chi connectivity index (χ1) is 5.88. The first-order valence-corrected chi connectivity index (χ1v) is 4.94. The Balaban J connectivity index is 2.39. The van der Waals surface area contributed by atoms with Crippen LogP contribution in [-0.4, -0.2) is 6.29 Å². The van der Waals surface area contributed by atoms with Gasteiger partial charge in [0.1, 0.15) is 6.29 Å². The Hall–Kier alpha value is -0.590. The van der Waals surface area contributed by atoms with Crippen LogP contribution in [0.2, 0.25) is 0 Å². The number of allylic oxidation sites excluding steroid dienone is 1. The zero-order valence-corrected chi connectivity index (χ0v) is 7.67. The number of hydrogen-bond donors (Lipinski definition) is 0. The molecule has 0 radical (unpaired) electrons. The molecule has 1 nitrogen and oxygen atoms in total. The number of carbonyl (C=O) groups is 1. The van der Waals surface area contributed by atoms with Crippen molar-refractivity contribution in [1.82, 2.24) is 0 Å². The van der Waals surface area contributed by atoms with Gasteiger partial charge in [0.25, 0.3) is 0 Å². The van der Waals surface area contributed by atoms with Crippen LogP contribution in [0.4, 0.5) is 0 Å². The van der Waals surface area contributed by atoms with Crippen molar-refractivity contribution in [3.63, 3.8) is 0 Å². The molecule has 0 aliphatic heterocycles. The van der Waals surface area contributed by atoms with Crippen LogP contribution in [0, 0.1) is 11.8 Å². The summed E-state index contributed by atoms with van der Waals surface area (Å²) < 4.78 is 0. The molecular formula is C11H18O. The summed E-state index contributed by atoms with van der Waals surface area (Å²) in [5.41, 5.74) is 0. The van der Waals surface area contributed by atoms with Gasteiger partial charge in [0, 0.05) is 6.42 Å². The molecule has 1 atom stereocenters. The molecule has 0 heterocycles. The van der Waals surface area contributed by atoms with Crippen molar-refractivity contribution in [3.8, 4) is 0 Å². The molecule has 0 aromatic carbocycles. The lowest BCUT2D eigenvalue weighted by Crippen LogP contribution is -2.16. The molecule has 1 saturated carbocycles. The van der Waals surface area contributed by atoms with Gasteiger partial charge in [0.2, 0.25) is 0 Å². The zero-order chi connectivity index (χ0) is 8.81. The van der Waals surface area contributed by atoms with E-state index in [2.05, 4.69) is 6.58 Å². The van der Waals surface area contributed by atoms with Crippen LogP contribution in [0.25, 0.3) is 0 Å². The van der Waals surface area contributed by atoms with E-state index in [-0.39, 0.29) is 0 Å². The van der Waals surface area contributed by atoms with Crippen LogP contribution < -0.4 is 0 Å². The van der Waals surface area contributed by atoms with Crippen molar-refractivity contribution in [2.75, 3.05) is 0 Å². The summed E-state index contributed by atoms with van der Waals surface area (Å²) in [6, 6.07) is 0. The SMILES string of the molecule is C=C[C@H](CC=O)C1CCCCC1. The van der Waals surface area contributed by atoms with E-state index >= 15 is 0 Å². The topological polar surface area (TPSA) is 17.1 Å². The largest absolute Gasteiger partial charge is 0.303 e. The highest BCUT2D eigenvalue weighted by Gasteiger charge is 2.20. The molecule has 0 N–H and O–H groups in total. The van der Waals surface area contributed by atoms with E-state index < -0.39 is 0 Å². The maximum Gasteiger partial charge on any atom is 0.120 e. The van der Waals surface area contributed by atoms with Crippen LogP contribution in [0.15, 0.2) is 12.7 Å². The van der Waals surface area contributed by atoms with E-state index in [1.807, 2.05) is 6.08 Å². The molecule has 1 rings (SSSR count). The molecular weight excluding hydrogens is 148 g/mol. The molecule has 68 valence electrons. The molecule has 1 heteroatoms. The average Bonchev–Trinajstić information content (AvgIpc) is 2.15. The van der Waals surface area contributed by atoms with Crippen LogP contribution in [-0.2, 0) is 4.79 Å². The highest BCUT2D eigenvalue weighted by Crippen LogP contribution is 2.31. The summed E-state index contributed by atoms with van der Waals surface area (Å²) in [6.45, 7) is 3.80. The third kappa shape index (κ3) is 2.47. The monoisotopic (exact) mass is 166 g/mol. The molecule has 0 spiro atoms. The summed E-state index contributed by atoms with van der Waals surface area (Å²) in [7, 11) is 0. The molecule has 1 aliphatic rings. The fourth-order valence-corrected chi connectivity index (χ4v) is 2.15. The van der Waals surface area contributed by atoms with Gasteiger partial charge in [-0.1, -0.05) is 25.3 Å². The highest BCUT2D eigenvalue weighted by molar-refractivity contribution is 5.50. The minimum Gasteiger partial charge on any atom is -0.303 e. The van der Waals surface area contributed by atoms with Gasteiger partial charge in [-0.05, 0) is 24.7 Å². The van der Waals surface area contributed by atoms with Gasteiger partial charge >= 0.3 is 0 Å². The van der Waals surface area contributed by atoms with Crippen LogP contribution in [0.1, 0.15) is 38.5 Å². The second kappa shape index (κ2) is 5.13. The molecule has 1 fully saturated rings. The maximum atomic E-state index is 10.4. The van der Waals surface area contributed by atoms with Gasteiger partial charge in [0.15, 0.2) is 0 Å². The lowest BCUT2D eigenvalue weighted by Gasteiger charge is -2.26. The molecule has 0 unspecified atom stereocenters. The van der Waals surface area contributed by atoms with Crippen molar-refractivity contribution >= 4 is 6.29 Å². The van der Waals surface area contributed by atoms with Crippen LogP contribution in [0.5, 0.6) is 0 Å². The lowest BCUT2D eigenvalue weighted by molar-refractivity contribution is -0.108. The Bertz CT molecular complexity index is 145. The molecule has 12 heavy (non-hydrogen) atoms. The molecule has 0 aromatic rings. The van der Waals surface area contributed by atoms with Crippen molar-refractivity contribution in [2.24, 2.45) is 11.8 Å². The first kappa shape index (κ1) is 9.50. The number of rotatable bonds is 4. The molecule has 0 amide bonds. The van der Waals surface area contributed by atoms with Gasteiger partial charge in [-0.2, -0.15) is 0 Å². The molecule has 1 aliphatic carbocycles. The number of hydrogen-bond acceptors (Lipinski definition) is 1. The summed E-state index contributed by atoms with van der Waals surface area (Å²) in [5.74, 6) is 1.18. The summed E-state index contributed by atoms with van der Waals surface area (Å²) in [4.78, 5) is 10.4. The van der Waals surface area contributed by atoms with Gasteiger partial charge < -0.3 is 4.79 Å². The summed E-state index contributed by atoms with van der Waals surface area (Å²) >= 11 is 0. The van der Waals surface area contributed by atoms with E-state index in [1.54, 1.807) is 0 Å². The van der Waals surface area contributed by atoms with Gasteiger partial charge in [-0.25, -0.2) is 0 Å². The Kier molecular flexibility index (Phi) is 4.06. The molecule has 0 aromatic heterocycles. The predicted octanol–water partition coefficient (Wildman–Crippen LogP) is 2.96. The Morgan fingerprint density at radius 2 is 2.00 bits per heavy atom. The maximum absolute atomic E-state index is 10.4. The van der Waals surface area contributed by atoms with Crippen molar-refractivity contribution in [2.45, 2.75) is 38.5 Å². The van der Waals surface area contributed by atoms with Crippen LogP contribution >= 0.6 is 0 Å². The van der Waals surface area contributed by atoms with E-state index in [0.717, 1.165) is 12.2 Å². The van der Waals surface area contributed by atoms with Gasteiger partial charge in [0.05, 0.1) is 0 Å². The lowest BCUT2D eigenvalue weighted by atomic mass is 9.79. The van der Waals surface area contributed by atoms with E-state index in [4.69, 9.17) is 0 Å². The fraction of sp³-hybridized carbons (Fsp3) is 0.727. The minimum absolute atomic E-state index is 0.447.